The van der Waals surface area contributed by atoms with E-state index in [4.69, 9.17) is 9.94 Å². The van der Waals surface area contributed by atoms with E-state index in [-0.39, 0.29) is 31.0 Å². The van der Waals surface area contributed by atoms with Crippen LogP contribution in [0.15, 0.2) is 59.5 Å². The molecule has 3 N–H and O–H groups in total. The van der Waals surface area contributed by atoms with Crippen molar-refractivity contribution in [1.82, 2.24) is 5.48 Å². The molecule has 0 bridgehead atoms. The Kier molecular flexibility index (Phi) is 5.79. The monoisotopic (exact) mass is 390 g/mol. The second-order valence-corrected chi connectivity index (χ2v) is 8.67. The van der Waals surface area contributed by atoms with Gasteiger partial charge in [0.2, 0.25) is 0 Å². The SMILES string of the molecule is O=C(NO)C1(S(=O)(=O)c2ccc(NCc3ccccc3)cc2)CCOCC1. The molecule has 3 rings (SSSR count). The van der Waals surface area contributed by atoms with Crippen molar-refractivity contribution in [3.05, 3.63) is 60.2 Å². The Morgan fingerprint density at radius 1 is 1.04 bits per heavy atom. The van der Waals surface area contributed by atoms with Gasteiger partial charge in [-0.15, -0.1) is 0 Å². The largest absolute Gasteiger partial charge is 0.381 e. The molecule has 1 aliphatic rings. The molecule has 8 heteroatoms. The van der Waals surface area contributed by atoms with E-state index in [2.05, 4.69) is 5.32 Å². The lowest BCUT2D eigenvalue weighted by Crippen LogP contribution is -2.54. The van der Waals surface area contributed by atoms with Crippen molar-refractivity contribution in [2.75, 3.05) is 18.5 Å². The van der Waals surface area contributed by atoms with Crippen molar-refractivity contribution in [3.8, 4) is 0 Å². The van der Waals surface area contributed by atoms with Crippen molar-refractivity contribution >= 4 is 21.4 Å². The fraction of sp³-hybridized carbons (Fsp3) is 0.316. The fourth-order valence-corrected chi connectivity index (χ4v) is 5.14. The van der Waals surface area contributed by atoms with Crippen LogP contribution >= 0.6 is 0 Å². The Balaban J connectivity index is 1.81. The molecule has 1 amide bonds. The number of hydroxylamine groups is 1. The predicted octanol–water partition coefficient (Wildman–Crippen LogP) is 2.13. The summed E-state index contributed by atoms with van der Waals surface area (Å²) in [4.78, 5) is 12.3. The van der Waals surface area contributed by atoms with Gasteiger partial charge in [0.15, 0.2) is 14.6 Å². The summed E-state index contributed by atoms with van der Waals surface area (Å²) in [6.45, 7) is 0.897. The van der Waals surface area contributed by atoms with Crippen LogP contribution in [-0.4, -0.2) is 37.5 Å². The number of benzene rings is 2. The van der Waals surface area contributed by atoms with Gasteiger partial charge in [-0.1, -0.05) is 30.3 Å². The van der Waals surface area contributed by atoms with E-state index in [0.29, 0.717) is 6.54 Å². The number of hydrogen-bond donors (Lipinski definition) is 3. The first-order chi connectivity index (χ1) is 13.0. The average Bonchev–Trinajstić information content (AvgIpc) is 2.73. The average molecular weight is 390 g/mol. The lowest BCUT2D eigenvalue weighted by atomic mass is 9.98. The van der Waals surface area contributed by atoms with Crippen LogP contribution < -0.4 is 10.8 Å². The van der Waals surface area contributed by atoms with Crippen LogP contribution in [-0.2, 0) is 25.9 Å². The minimum atomic E-state index is -4.00. The fourth-order valence-electron chi connectivity index (χ4n) is 3.20. The maximum atomic E-state index is 13.2. The molecule has 0 saturated carbocycles. The third-order valence-electron chi connectivity index (χ3n) is 4.83. The van der Waals surface area contributed by atoms with Gasteiger partial charge in [0.25, 0.3) is 5.91 Å². The minimum Gasteiger partial charge on any atom is -0.381 e. The molecule has 27 heavy (non-hydrogen) atoms. The molecule has 0 aromatic heterocycles. The maximum absolute atomic E-state index is 13.2. The number of sulfone groups is 1. The van der Waals surface area contributed by atoms with Gasteiger partial charge in [-0.2, -0.15) is 0 Å². The zero-order valence-corrected chi connectivity index (χ0v) is 15.5. The number of carbonyl (C=O) groups is 1. The summed E-state index contributed by atoms with van der Waals surface area (Å²) < 4.78 is 29.8. The molecular weight excluding hydrogens is 368 g/mol. The van der Waals surface area contributed by atoms with Crippen molar-refractivity contribution in [3.63, 3.8) is 0 Å². The highest BCUT2D eigenvalue weighted by atomic mass is 32.2. The van der Waals surface area contributed by atoms with Crippen LogP contribution in [0.5, 0.6) is 0 Å². The van der Waals surface area contributed by atoms with E-state index >= 15 is 0 Å². The Bertz CT molecular complexity index is 876. The van der Waals surface area contributed by atoms with Crippen molar-refractivity contribution in [2.24, 2.45) is 0 Å². The van der Waals surface area contributed by atoms with Gasteiger partial charge in [0.05, 0.1) is 4.90 Å². The van der Waals surface area contributed by atoms with Crippen LogP contribution in [0, 0.1) is 0 Å². The van der Waals surface area contributed by atoms with Crippen LogP contribution in [0.25, 0.3) is 0 Å². The predicted molar refractivity (Wildman–Crippen MR) is 100 cm³/mol. The summed E-state index contributed by atoms with van der Waals surface area (Å²) in [6, 6.07) is 16.1. The van der Waals surface area contributed by atoms with E-state index < -0.39 is 20.5 Å². The van der Waals surface area contributed by atoms with Crippen LogP contribution in [0.1, 0.15) is 18.4 Å². The highest BCUT2D eigenvalue weighted by Crippen LogP contribution is 2.35. The number of nitrogens with one attached hydrogen (secondary N) is 2. The molecule has 1 saturated heterocycles. The molecule has 2 aromatic rings. The molecule has 2 aromatic carbocycles. The summed E-state index contributed by atoms with van der Waals surface area (Å²) in [5.41, 5.74) is 3.39. The molecule has 0 aliphatic carbocycles. The first-order valence-corrected chi connectivity index (χ1v) is 10.1. The quantitative estimate of drug-likeness (QED) is 0.516. The highest BCUT2D eigenvalue weighted by Gasteiger charge is 2.52. The Morgan fingerprint density at radius 3 is 2.26 bits per heavy atom. The third kappa shape index (κ3) is 3.83. The lowest BCUT2D eigenvalue weighted by Gasteiger charge is -2.34. The van der Waals surface area contributed by atoms with Crippen LogP contribution in [0.4, 0.5) is 5.69 Å². The second-order valence-electron chi connectivity index (χ2n) is 6.41. The second kappa shape index (κ2) is 8.08. The van der Waals surface area contributed by atoms with Crippen LogP contribution in [0.2, 0.25) is 0 Å². The van der Waals surface area contributed by atoms with Gasteiger partial charge in [0, 0.05) is 25.4 Å². The highest BCUT2D eigenvalue weighted by molar-refractivity contribution is 7.93. The van der Waals surface area contributed by atoms with Gasteiger partial charge in [-0.25, -0.2) is 13.9 Å². The zero-order chi connectivity index (χ0) is 19.3. The molecule has 1 fully saturated rings. The van der Waals surface area contributed by atoms with Gasteiger partial charge in [-0.3, -0.25) is 10.0 Å². The number of rotatable bonds is 6. The molecule has 144 valence electrons. The molecule has 0 radical (unpaired) electrons. The van der Waals surface area contributed by atoms with E-state index in [9.17, 15) is 13.2 Å². The maximum Gasteiger partial charge on any atom is 0.265 e. The standard InChI is InChI=1S/C19H22N2O5S/c22-18(21-23)19(10-12-26-13-11-19)27(24,25)17-8-6-16(7-9-17)20-14-15-4-2-1-3-5-15/h1-9,20,23H,10-14H2,(H,21,22). The van der Waals surface area contributed by atoms with Gasteiger partial charge < -0.3 is 10.1 Å². The number of amides is 1. The molecule has 0 unspecified atom stereocenters. The Morgan fingerprint density at radius 2 is 1.67 bits per heavy atom. The smallest absolute Gasteiger partial charge is 0.265 e. The van der Waals surface area contributed by atoms with Crippen LogP contribution in [0.3, 0.4) is 0 Å². The van der Waals surface area contributed by atoms with E-state index in [1.807, 2.05) is 30.3 Å². The van der Waals surface area contributed by atoms with Gasteiger partial charge in [0.1, 0.15) is 0 Å². The molecule has 1 heterocycles. The van der Waals surface area contributed by atoms with Crippen molar-refractivity contribution in [2.45, 2.75) is 29.0 Å². The molecule has 0 spiro atoms. The number of hydrogen-bond acceptors (Lipinski definition) is 6. The topological polar surface area (TPSA) is 105 Å². The summed E-state index contributed by atoms with van der Waals surface area (Å²) in [7, 11) is -4.00. The van der Waals surface area contributed by atoms with Crippen molar-refractivity contribution in [1.29, 1.82) is 0 Å². The number of carbonyl (C=O) groups excluding carboxylic acids is 1. The molecule has 0 atom stereocenters. The number of anilines is 1. The summed E-state index contributed by atoms with van der Waals surface area (Å²) in [5, 5.41) is 12.3. The lowest BCUT2D eigenvalue weighted by molar-refractivity contribution is -0.134. The molecule has 7 nitrogen and oxygen atoms in total. The summed E-state index contributed by atoms with van der Waals surface area (Å²) >= 11 is 0. The summed E-state index contributed by atoms with van der Waals surface area (Å²) in [6.07, 6.45) is -0.00846. The molecule has 1 aliphatic heterocycles. The van der Waals surface area contributed by atoms with Gasteiger partial charge >= 0.3 is 0 Å². The first-order valence-electron chi connectivity index (χ1n) is 8.64. The van der Waals surface area contributed by atoms with Crippen molar-refractivity contribution < 1.29 is 23.2 Å². The Hall–Kier alpha value is -2.42. The Labute approximate surface area is 158 Å². The minimum absolute atomic E-state index is 0.00423. The number of ether oxygens (including phenoxy) is 1. The summed E-state index contributed by atoms with van der Waals surface area (Å²) in [5.74, 6) is -0.919. The van der Waals surface area contributed by atoms with E-state index in [1.165, 1.54) is 17.6 Å². The normalized spacial score (nSPS) is 16.5. The van der Waals surface area contributed by atoms with E-state index in [1.54, 1.807) is 12.1 Å². The molecular formula is C19H22N2O5S. The first kappa shape index (κ1) is 19.3. The zero-order valence-electron chi connectivity index (χ0n) is 14.7. The third-order valence-corrected chi connectivity index (χ3v) is 7.35. The van der Waals surface area contributed by atoms with E-state index in [0.717, 1.165) is 11.3 Å². The van der Waals surface area contributed by atoms with Gasteiger partial charge in [-0.05, 0) is 42.7 Å².